The summed E-state index contributed by atoms with van der Waals surface area (Å²) in [6, 6.07) is 11.0. The Morgan fingerprint density at radius 2 is 2.12 bits per heavy atom. The Kier molecular flexibility index (Phi) is 5.51. The third kappa shape index (κ3) is 3.54. The van der Waals surface area contributed by atoms with Crippen molar-refractivity contribution in [2.75, 3.05) is 13.7 Å². The number of hydrogen-bond donors (Lipinski definition) is 1. The van der Waals surface area contributed by atoms with Gasteiger partial charge in [-0.25, -0.2) is 0 Å². The first-order valence-corrected chi connectivity index (χ1v) is 8.74. The average Bonchev–Trinajstić information content (AvgIpc) is 3.03. The summed E-state index contributed by atoms with van der Waals surface area (Å²) in [5.74, 6) is 0.102. The molecule has 0 aliphatic carbocycles. The lowest BCUT2D eigenvalue weighted by molar-refractivity contribution is -0.129. The fraction of sp³-hybridized carbons (Fsp3) is 0.350. The number of rotatable bonds is 6. The quantitative estimate of drug-likeness (QED) is 0.865. The van der Waals surface area contributed by atoms with Crippen LogP contribution >= 0.6 is 0 Å². The number of hydrogen-bond acceptors (Lipinski definition) is 4. The van der Waals surface area contributed by atoms with Crippen LogP contribution in [0.5, 0.6) is 5.75 Å². The monoisotopic (exact) mass is 353 g/mol. The Labute approximate surface area is 153 Å². The van der Waals surface area contributed by atoms with Gasteiger partial charge in [0.25, 0.3) is 0 Å². The van der Waals surface area contributed by atoms with Gasteiger partial charge in [-0.2, -0.15) is 0 Å². The van der Waals surface area contributed by atoms with Gasteiger partial charge in [0.2, 0.25) is 11.8 Å². The second-order valence-corrected chi connectivity index (χ2v) is 6.26. The van der Waals surface area contributed by atoms with Crippen molar-refractivity contribution < 1.29 is 14.3 Å². The number of para-hydroxylation sites is 1. The summed E-state index contributed by atoms with van der Waals surface area (Å²) in [5.41, 5.74) is 1.79. The van der Waals surface area contributed by atoms with E-state index in [1.807, 2.05) is 43.3 Å². The fourth-order valence-electron chi connectivity index (χ4n) is 3.52. The molecule has 0 unspecified atom stereocenters. The largest absolute Gasteiger partial charge is 0.496 e. The molecule has 1 aromatic heterocycles. The highest BCUT2D eigenvalue weighted by Crippen LogP contribution is 2.41. The minimum absolute atomic E-state index is 0.00932. The molecule has 2 aromatic rings. The molecule has 1 fully saturated rings. The lowest BCUT2D eigenvalue weighted by Gasteiger charge is -2.28. The van der Waals surface area contributed by atoms with Gasteiger partial charge in [-0.15, -0.1) is 0 Å². The van der Waals surface area contributed by atoms with Crippen LogP contribution in [0.15, 0.2) is 48.8 Å². The molecule has 1 aromatic carbocycles. The highest BCUT2D eigenvalue weighted by atomic mass is 16.5. The maximum Gasteiger partial charge on any atom is 0.226 e. The number of carbonyl (C=O) groups is 2. The maximum atomic E-state index is 12.9. The van der Waals surface area contributed by atoms with Gasteiger partial charge in [0.05, 0.1) is 19.1 Å². The molecule has 1 aliphatic heterocycles. The summed E-state index contributed by atoms with van der Waals surface area (Å²) in [5, 5.41) is 2.94. The minimum atomic E-state index is -0.449. The van der Waals surface area contributed by atoms with Gasteiger partial charge in [0.15, 0.2) is 0 Å². The van der Waals surface area contributed by atoms with Crippen molar-refractivity contribution in [2.24, 2.45) is 5.92 Å². The number of carbonyl (C=O) groups excluding carboxylic acids is 2. The van der Waals surface area contributed by atoms with Crippen LogP contribution in [-0.2, 0) is 16.1 Å². The van der Waals surface area contributed by atoms with Crippen molar-refractivity contribution in [1.29, 1.82) is 0 Å². The number of pyridine rings is 1. The molecule has 0 spiro atoms. The predicted molar refractivity (Wildman–Crippen MR) is 97.3 cm³/mol. The van der Waals surface area contributed by atoms with E-state index in [0.29, 0.717) is 18.8 Å². The summed E-state index contributed by atoms with van der Waals surface area (Å²) in [6.45, 7) is 2.87. The molecule has 2 heterocycles. The van der Waals surface area contributed by atoms with E-state index in [-0.39, 0.29) is 24.3 Å². The molecule has 1 aliphatic rings. The SMILES string of the molecule is CCN1C(=O)C[C@@H](C(=O)NCc2cccnc2)[C@@H]1c1ccccc1OC. The molecule has 0 saturated carbocycles. The molecular formula is C20H23N3O3. The standard InChI is InChI=1S/C20H23N3O3/c1-3-23-18(24)11-16(19(23)15-8-4-5-9-17(15)26-2)20(25)22-13-14-7-6-10-21-12-14/h4-10,12,16,19H,3,11,13H2,1-2H3,(H,22,25)/t16-,19+/m1/s1. The van der Waals surface area contributed by atoms with Crippen LogP contribution in [-0.4, -0.2) is 35.4 Å². The third-order valence-corrected chi connectivity index (χ3v) is 4.76. The number of benzene rings is 1. The van der Waals surface area contributed by atoms with E-state index in [1.54, 1.807) is 24.4 Å². The van der Waals surface area contributed by atoms with Crippen LogP contribution in [0.25, 0.3) is 0 Å². The van der Waals surface area contributed by atoms with Crippen molar-refractivity contribution in [2.45, 2.75) is 25.9 Å². The Bertz CT molecular complexity index is 779. The molecule has 6 heteroatoms. The highest BCUT2D eigenvalue weighted by Gasteiger charge is 2.44. The topological polar surface area (TPSA) is 71.5 Å². The molecule has 2 atom stereocenters. The van der Waals surface area contributed by atoms with E-state index in [9.17, 15) is 9.59 Å². The average molecular weight is 353 g/mol. The van der Waals surface area contributed by atoms with Gasteiger partial charge in [-0.1, -0.05) is 24.3 Å². The zero-order valence-corrected chi connectivity index (χ0v) is 15.0. The van der Waals surface area contributed by atoms with E-state index in [1.165, 1.54) is 0 Å². The first kappa shape index (κ1) is 17.9. The van der Waals surface area contributed by atoms with Crippen LogP contribution in [0.4, 0.5) is 0 Å². The molecule has 1 saturated heterocycles. The fourth-order valence-corrected chi connectivity index (χ4v) is 3.52. The zero-order chi connectivity index (χ0) is 18.5. The van der Waals surface area contributed by atoms with E-state index in [2.05, 4.69) is 10.3 Å². The van der Waals surface area contributed by atoms with Gasteiger partial charge in [0.1, 0.15) is 5.75 Å². The lowest BCUT2D eigenvalue weighted by atomic mass is 9.92. The number of amides is 2. The Balaban J connectivity index is 1.84. The Hall–Kier alpha value is -2.89. The molecule has 3 rings (SSSR count). The van der Waals surface area contributed by atoms with Crippen LogP contribution in [0.1, 0.15) is 30.5 Å². The first-order chi connectivity index (χ1) is 12.7. The second-order valence-electron chi connectivity index (χ2n) is 6.26. The number of methoxy groups -OCH3 is 1. The van der Waals surface area contributed by atoms with Gasteiger partial charge >= 0.3 is 0 Å². The molecule has 26 heavy (non-hydrogen) atoms. The molecule has 136 valence electrons. The van der Waals surface area contributed by atoms with E-state index >= 15 is 0 Å². The van der Waals surface area contributed by atoms with E-state index in [0.717, 1.165) is 11.1 Å². The lowest BCUT2D eigenvalue weighted by Crippen LogP contribution is -2.35. The van der Waals surface area contributed by atoms with Crippen molar-refractivity contribution >= 4 is 11.8 Å². The van der Waals surface area contributed by atoms with Gasteiger partial charge in [-0.05, 0) is 24.6 Å². The first-order valence-electron chi connectivity index (χ1n) is 8.74. The third-order valence-electron chi connectivity index (χ3n) is 4.76. The van der Waals surface area contributed by atoms with E-state index < -0.39 is 5.92 Å². The number of likely N-dealkylation sites (tertiary alicyclic amines) is 1. The maximum absolute atomic E-state index is 12.9. The van der Waals surface area contributed by atoms with Gasteiger partial charge in [0, 0.05) is 37.5 Å². The van der Waals surface area contributed by atoms with Gasteiger partial charge < -0.3 is 15.0 Å². The smallest absolute Gasteiger partial charge is 0.226 e. The Morgan fingerprint density at radius 1 is 1.31 bits per heavy atom. The number of nitrogens with one attached hydrogen (secondary N) is 1. The highest BCUT2D eigenvalue weighted by molar-refractivity contribution is 5.90. The van der Waals surface area contributed by atoms with Crippen LogP contribution in [0.2, 0.25) is 0 Å². The molecular weight excluding hydrogens is 330 g/mol. The number of aromatic nitrogens is 1. The van der Waals surface area contributed by atoms with Crippen LogP contribution in [0, 0.1) is 5.92 Å². The van der Waals surface area contributed by atoms with Crippen LogP contribution < -0.4 is 10.1 Å². The zero-order valence-electron chi connectivity index (χ0n) is 15.0. The van der Waals surface area contributed by atoms with Crippen molar-refractivity contribution in [3.8, 4) is 5.75 Å². The van der Waals surface area contributed by atoms with E-state index in [4.69, 9.17) is 4.74 Å². The summed E-state index contributed by atoms with van der Waals surface area (Å²) >= 11 is 0. The summed E-state index contributed by atoms with van der Waals surface area (Å²) in [4.78, 5) is 31.1. The van der Waals surface area contributed by atoms with Crippen molar-refractivity contribution in [1.82, 2.24) is 15.2 Å². The summed E-state index contributed by atoms with van der Waals surface area (Å²) in [7, 11) is 1.60. The number of nitrogens with zero attached hydrogens (tertiary/aromatic N) is 2. The summed E-state index contributed by atoms with van der Waals surface area (Å²) < 4.78 is 5.47. The predicted octanol–water partition coefficient (Wildman–Crippen LogP) is 2.32. The summed E-state index contributed by atoms with van der Waals surface area (Å²) in [6.07, 6.45) is 3.61. The normalized spacial score (nSPS) is 19.5. The van der Waals surface area contributed by atoms with Crippen molar-refractivity contribution in [3.05, 3.63) is 59.9 Å². The molecule has 6 nitrogen and oxygen atoms in total. The molecule has 0 bridgehead atoms. The molecule has 1 N–H and O–H groups in total. The number of ether oxygens (including phenoxy) is 1. The Morgan fingerprint density at radius 3 is 2.81 bits per heavy atom. The van der Waals surface area contributed by atoms with Crippen LogP contribution in [0.3, 0.4) is 0 Å². The molecule has 2 amide bonds. The minimum Gasteiger partial charge on any atom is -0.496 e. The molecule has 0 radical (unpaired) electrons. The van der Waals surface area contributed by atoms with Gasteiger partial charge in [-0.3, -0.25) is 14.6 Å². The van der Waals surface area contributed by atoms with Crippen molar-refractivity contribution in [3.63, 3.8) is 0 Å². The second kappa shape index (κ2) is 7.99.